The number of hydrogen-bond donors (Lipinski definition) is 0. The molecule has 198 valence electrons. The number of aryl methyl sites for hydroxylation is 1. The fourth-order valence-corrected chi connectivity index (χ4v) is 6.66. The van der Waals surface area contributed by atoms with Crippen molar-refractivity contribution >= 4 is 60.3 Å². The van der Waals surface area contributed by atoms with E-state index in [9.17, 15) is 0 Å². The highest BCUT2D eigenvalue weighted by atomic mass is 16.3. The van der Waals surface area contributed by atoms with Gasteiger partial charge in [0.15, 0.2) is 0 Å². The van der Waals surface area contributed by atoms with Gasteiger partial charge in [0.25, 0.3) is 0 Å². The smallest absolute Gasteiger partial charge is 0.142 e. The van der Waals surface area contributed by atoms with Gasteiger partial charge in [0.1, 0.15) is 11.2 Å². The summed E-state index contributed by atoms with van der Waals surface area (Å²) in [5.74, 6) is 0. The average Bonchev–Trinajstić information content (AvgIpc) is 3.42. The minimum atomic E-state index is 0.896. The van der Waals surface area contributed by atoms with E-state index in [1.165, 1.54) is 60.1 Å². The van der Waals surface area contributed by atoms with Crippen LogP contribution in [0.4, 0.5) is 0 Å². The number of hydrogen-bond acceptors (Lipinski definition) is 1. The second-order valence-electron chi connectivity index (χ2n) is 11.0. The summed E-state index contributed by atoms with van der Waals surface area (Å²) in [5, 5.41) is 9.74. The molecule has 0 bridgehead atoms. The molecule has 0 unspecified atom stereocenters. The van der Waals surface area contributed by atoms with Crippen LogP contribution in [0.25, 0.3) is 82.6 Å². The monoisotopic (exact) mass is 536 g/mol. The van der Waals surface area contributed by atoms with Gasteiger partial charge in [-0.05, 0) is 79.2 Å². The highest BCUT2D eigenvalue weighted by molar-refractivity contribution is 6.26. The second-order valence-corrected chi connectivity index (χ2v) is 11.0. The summed E-state index contributed by atoms with van der Waals surface area (Å²) in [6.45, 7) is 5.99. The van der Waals surface area contributed by atoms with Gasteiger partial charge >= 0.3 is 0 Å². The molecule has 0 amide bonds. The second kappa shape index (κ2) is 9.61. The van der Waals surface area contributed by atoms with Crippen molar-refractivity contribution in [2.45, 2.75) is 6.92 Å². The molecule has 0 radical (unpaired) electrons. The van der Waals surface area contributed by atoms with E-state index in [2.05, 4.69) is 141 Å². The van der Waals surface area contributed by atoms with Gasteiger partial charge in [0, 0.05) is 16.3 Å². The Bertz CT molecular complexity index is 2320. The molecule has 0 spiro atoms. The van der Waals surface area contributed by atoms with Gasteiger partial charge in [-0.3, -0.25) is 0 Å². The van der Waals surface area contributed by atoms with Crippen molar-refractivity contribution in [2.75, 3.05) is 0 Å². The van der Waals surface area contributed by atoms with Gasteiger partial charge in [0.05, 0.1) is 0 Å². The van der Waals surface area contributed by atoms with Crippen LogP contribution in [0.1, 0.15) is 11.1 Å². The van der Waals surface area contributed by atoms with Gasteiger partial charge in [-0.2, -0.15) is 0 Å². The lowest BCUT2D eigenvalue weighted by Gasteiger charge is -2.18. The molecule has 0 aliphatic carbocycles. The Hall–Kier alpha value is -5.40. The molecule has 1 aromatic heterocycles. The third-order valence-corrected chi connectivity index (χ3v) is 8.56. The first-order valence-corrected chi connectivity index (χ1v) is 14.4. The molecule has 1 heteroatoms. The zero-order valence-corrected chi connectivity index (χ0v) is 23.4. The maximum Gasteiger partial charge on any atom is 0.142 e. The summed E-state index contributed by atoms with van der Waals surface area (Å²) in [6, 6.07) is 44.0. The highest BCUT2D eigenvalue weighted by Gasteiger charge is 2.21. The van der Waals surface area contributed by atoms with Crippen LogP contribution < -0.4 is 0 Å². The normalized spacial score (nSPS) is 11.9. The van der Waals surface area contributed by atoms with Crippen LogP contribution in [-0.4, -0.2) is 0 Å². The van der Waals surface area contributed by atoms with Gasteiger partial charge in [-0.15, -0.1) is 0 Å². The third kappa shape index (κ3) is 3.64. The molecule has 8 aromatic rings. The number of rotatable bonds is 4. The number of benzene rings is 7. The predicted molar refractivity (Wildman–Crippen MR) is 181 cm³/mol. The zero-order valence-electron chi connectivity index (χ0n) is 23.4. The lowest BCUT2D eigenvalue weighted by atomic mass is 9.84. The van der Waals surface area contributed by atoms with Crippen LogP contribution in [-0.2, 0) is 0 Å². The summed E-state index contributed by atoms with van der Waals surface area (Å²) in [4.78, 5) is 0. The first-order valence-electron chi connectivity index (χ1n) is 14.4. The van der Waals surface area contributed by atoms with Crippen molar-refractivity contribution in [3.8, 4) is 22.3 Å². The lowest BCUT2D eigenvalue weighted by molar-refractivity contribution is 0.667. The predicted octanol–water partition coefficient (Wildman–Crippen LogP) is 11.9. The Kier molecular flexibility index (Phi) is 5.58. The van der Waals surface area contributed by atoms with E-state index in [1.807, 2.05) is 12.2 Å². The van der Waals surface area contributed by atoms with Crippen LogP contribution >= 0.6 is 0 Å². The van der Waals surface area contributed by atoms with E-state index in [0.717, 1.165) is 27.5 Å². The van der Waals surface area contributed by atoms with Crippen molar-refractivity contribution in [2.24, 2.45) is 0 Å². The van der Waals surface area contributed by atoms with Crippen LogP contribution in [0, 0.1) is 6.92 Å². The van der Waals surface area contributed by atoms with Crippen LogP contribution in [0.15, 0.2) is 144 Å². The fraction of sp³-hybridized carbons (Fsp3) is 0.0244. The van der Waals surface area contributed by atoms with Crippen LogP contribution in [0.3, 0.4) is 0 Å². The SMILES string of the molecule is C=C/C=C\c1c(C)ccc2c1oc1cccc(-c3c4ccccc4c(-c4ccc5ccccc5c4)c4ccccc34)c12. The van der Waals surface area contributed by atoms with Crippen LogP contribution in [0.2, 0.25) is 0 Å². The minimum absolute atomic E-state index is 0.896. The fourth-order valence-electron chi connectivity index (χ4n) is 6.66. The summed E-state index contributed by atoms with van der Waals surface area (Å²) in [7, 11) is 0. The summed E-state index contributed by atoms with van der Waals surface area (Å²) in [6.07, 6.45) is 5.88. The summed E-state index contributed by atoms with van der Waals surface area (Å²) >= 11 is 0. The quantitative estimate of drug-likeness (QED) is 0.161. The standard InChI is InChI=1S/C41H28O/c1-3-4-14-30-26(2)21-24-36-40-35(19-11-20-37(40)42-41(30)36)39-33-17-9-7-15-31(33)38(32-16-8-10-18-34(32)39)29-23-22-27-12-5-6-13-28(27)25-29/h3-25H,1H2,2H3/b14-4-. The number of fused-ring (bicyclic) bond motifs is 6. The first-order chi connectivity index (χ1) is 20.7. The first kappa shape index (κ1) is 24.4. The zero-order chi connectivity index (χ0) is 28.2. The molecule has 0 saturated carbocycles. The van der Waals surface area contributed by atoms with Gasteiger partial charge < -0.3 is 4.42 Å². The van der Waals surface area contributed by atoms with Crippen LogP contribution in [0.5, 0.6) is 0 Å². The molecule has 1 heterocycles. The summed E-state index contributed by atoms with van der Waals surface area (Å²) < 4.78 is 6.60. The molecule has 0 N–H and O–H groups in total. The number of furan rings is 1. The summed E-state index contributed by atoms with van der Waals surface area (Å²) in [5.41, 5.74) is 9.01. The Labute approximate surface area is 244 Å². The Morgan fingerprint density at radius 1 is 0.595 bits per heavy atom. The van der Waals surface area contributed by atoms with Crippen molar-refractivity contribution in [3.63, 3.8) is 0 Å². The van der Waals surface area contributed by atoms with E-state index in [0.29, 0.717) is 0 Å². The lowest BCUT2D eigenvalue weighted by Crippen LogP contribution is -1.91. The van der Waals surface area contributed by atoms with Gasteiger partial charge in [-0.1, -0.05) is 134 Å². The molecule has 1 nitrogen and oxygen atoms in total. The Morgan fingerprint density at radius 2 is 1.26 bits per heavy atom. The molecule has 0 fully saturated rings. The molecule has 42 heavy (non-hydrogen) atoms. The third-order valence-electron chi connectivity index (χ3n) is 8.56. The highest BCUT2D eigenvalue weighted by Crippen LogP contribution is 2.47. The molecule has 0 saturated heterocycles. The molecule has 0 aliphatic rings. The largest absolute Gasteiger partial charge is 0.455 e. The number of allylic oxidation sites excluding steroid dienone is 2. The molecule has 0 atom stereocenters. The van der Waals surface area contributed by atoms with Gasteiger partial charge in [0.2, 0.25) is 0 Å². The molecular formula is C41H28O. The van der Waals surface area contributed by atoms with E-state index < -0.39 is 0 Å². The Morgan fingerprint density at radius 3 is 1.98 bits per heavy atom. The molecule has 7 aromatic carbocycles. The van der Waals surface area contributed by atoms with Crippen molar-refractivity contribution in [3.05, 3.63) is 151 Å². The molecule has 8 rings (SSSR count). The molecular weight excluding hydrogens is 508 g/mol. The van der Waals surface area contributed by atoms with E-state index >= 15 is 0 Å². The maximum absolute atomic E-state index is 6.60. The van der Waals surface area contributed by atoms with Gasteiger partial charge in [-0.25, -0.2) is 0 Å². The van der Waals surface area contributed by atoms with E-state index in [4.69, 9.17) is 4.42 Å². The maximum atomic E-state index is 6.60. The average molecular weight is 537 g/mol. The van der Waals surface area contributed by atoms with Crippen molar-refractivity contribution < 1.29 is 4.42 Å². The Balaban J connectivity index is 1.51. The molecule has 0 aliphatic heterocycles. The van der Waals surface area contributed by atoms with Crippen molar-refractivity contribution in [1.82, 2.24) is 0 Å². The van der Waals surface area contributed by atoms with E-state index in [-0.39, 0.29) is 0 Å². The minimum Gasteiger partial charge on any atom is -0.455 e. The van der Waals surface area contributed by atoms with Crippen molar-refractivity contribution in [1.29, 1.82) is 0 Å². The topological polar surface area (TPSA) is 13.1 Å². The van der Waals surface area contributed by atoms with E-state index in [1.54, 1.807) is 0 Å².